The van der Waals surface area contributed by atoms with E-state index in [1.54, 1.807) is 6.07 Å². The molecule has 0 aliphatic carbocycles. The summed E-state index contributed by atoms with van der Waals surface area (Å²) >= 11 is 3.12. The molecule has 0 heterocycles. The Morgan fingerprint density at radius 1 is 1.20 bits per heavy atom. The number of benzene rings is 2. The van der Waals surface area contributed by atoms with Crippen molar-refractivity contribution in [3.05, 3.63) is 68.2 Å². The van der Waals surface area contributed by atoms with Crippen molar-refractivity contribution in [2.45, 2.75) is 6.54 Å². The standard InChI is InChI=1S/C13H9BrF2N2O2/c14-9-5-4-8(11(16)6-9)7-17-13-10(15)2-1-3-12(13)18(19)20/h1-6,17H,7H2. The number of rotatable bonds is 4. The molecule has 0 bridgehead atoms. The highest BCUT2D eigenvalue weighted by atomic mass is 79.9. The summed E-state index contributed by atoms with van der Waals surface area (Å²) in [6.45, 7) is -0.0547. The number of nitro benzene ring substituents is 1. The first-order valence-electron chi connectivity index (χ1n) is 5.59. The van der Waals surface area contributed by atoms with Gasteiger partial charge in [0.1, 0.15) is 11.5 Å². The van der Waals surface area contributed by atoms with Crippen LogP contribution in [0.4, 0.5) is 20.2 Å². The first-order chi connectivity index (χ1) is 9.49. The third-order valence-corrected chi connectivity index (χ3v) is 3.15. The fourth-order valence-corrected chi connectivity index (χ4v) is 2.02. The molecule has 2 aromatic carbocycles. The summed E-state index contributed by atoms with van der Waals surface area (Å²) in [7, 11) is 0. The molecule has 104 valence electrons. The highest BCUT2D eigenvalue weighted by Gasteiger charge is 2.17. The summed E-state index contributed by atoms with van der Waals surface area (Å²) in [6.07, 6.45) is 0. The Kier molecular flexibility index (Phi) is 4.29. The first kappa shape index (κ1) is 14.4. The molecule has 0 saturated heterocycles. The third kappa shape index (κ3) is 3.11. The molecule has 0 unspecified atom stereocenters. The average Bonchev–Trinajstić information content (AvgIpc) is 2.38. The Labute approximate surface area is 121 Å². The zero-order chi connectivity index (χ0) is 14.7. The van der Waals surface area contributed by atoms with Gasteiger partial charge >= 0.3 is 0 Å². The van der Waals surface area contributed by atoms with Gasteiger partial charge in [-0.15, -0.1) is 0 Å². The number of anilines is 1. The Morgan fingerprint density at radius 3 is 2.60 bits per heavy atom. The molecular formula is C13H9BrF2N2O2. The van der Waals surface area contributed by atoms with Crippen molar-refractivity contribution in [3.8, 4) is 0 Å². The molecule has 0 saturated carbocycles. The van der Waals surface area contributed by atoms with Crippen molar-refractivity contribution in [1.29, 1.82) is 0 Å². The molecule has 2 aromatic rings. The van der Waals surface area contributed by atoms with Gasteiger partial charge in [0.05, 0.1) is 4.92 Å². The molecule has 20 heavy (non-hydrogen) atoms. The van der Waals surface area contributed by atoms with Crippen LogP contribution in [0.25, 0.3) is 0 Å². The first-order valence-corrected chi connectivity index (χ1v) is 6.39. The lowest BCUT2D eigenvalue weighted by Gasteiger charge is -2.09. The molecule has 0 aliphatic heterocycles. The van der Waals surface area contributed by atoms with Gasteiger partial charge in [-0.25, -0.2) is 8.78 Å². The van der Waals surface area contributed by atoms with Crippen LogP contribution in [0, 0.1) is 21.7 Å². The average molecular weight is 343 g/mol. The van der Waals surface area contributed by atoms with Gasteiger partial charge in [-0.3, -0.25) is 10.1 Å². The van der Waals surface area contributed by atoms with E-state index in [2.05, 4.69) is 21.2 Å². The predicted molar refractivity (Wildman–Crippen MR) is 74.5 cm³/mol. The maximum Gasteiger partial charge on any atom is 0.295 e. The zero-order valence-electron chi connectivity index (χ0n) is 10.1. The molecular weight excluding hydrogens is 334 g/mol. The Hall–Kier alpha value is -2.02. The van der Waals surface area contributed by atoms with Crippen LogP contribution in [0.1, 0.15) is 5.56 Å². The van der Waals surface area contributed by atoms with E-state index in [0.29, 0.717) is 4.47 Å². The van der Waals surface area contributed by atoms with E-state index in [1.807, 2.05) is 0 Å². The van der Waals surface area contributed by atoms with Crippen LogP contribution in [-0.4, -0.2) is 4.92 Å². The number of nitrogens with one attached hydrogen (secondary N) is 1. The lowest BCUT2D eigenvalue weighted by molar-refractivity contribution is -0.384. The van der Waals surface area contributed by atoms with Crippen LogP contribution in [-0.2, 0) is 6.54 Å². The second-order valence-electron chi connectivity index (χ2n) is 3.98. The summed E-state index contributed by atoms with van der Waals surface area (Å²) in [4.78, 5) is 10.1. The number of para-hydroxylation sites is 1. The van der Waals surface area contributed by atoms with Crippen molar-refractivity contribution >= 4 is 27.3 Å². The largest absolute Gasteiger partial charge is 0.373 e. The van der Waals surface area contributed by atoms with Crippen LogP contribution in [0.3, 0.4) is 0 Å². The molecule has 0 fully saturated rings. The normalized spacial score (nSPS) is 10.3. The topological polar surface area (TPSA) is 55.2 Å². The molecule has 2 rings (SSSR count). The zero-order valence-corrected chi connectivity index (χ0v) is 11.7. The molecule has 1 N–H and O–H groups in total. The van der Waals surface area contributed by atoms with Crippen molar-refractivity contribution in [2.75, 3.05) is 5.32 Å². The van der Waals surface area contributed by atoms with E-state index < -0.39 is 16.6 Å². The Bertz CT molecular complexity index is 665. The summed E-state index contributed by atoms with van der Waals surface area (Å²) in [5, 5.41) is 13.4. The van der Waals surface area contributed by atoms with Crippen LogP contribution >= 0.6 is 15.9 Å². The Balaban J connectivity index is 2.25. The van der Waals surface area contributed by atoms with E-state index in [0.717, 1.165) is 6.07 Å². The van der Waals surface area contributed by atoms with Crippen molar-refractivity contribution in [1.82, 2.24) is 0 Å². The molecule has 0 radical (unpaired) electrons. The van der Waals surface area contributed by atoms with E-state index in [-0.39, 0.29) is 23.5 Å². The van der Waals surface area contributed by atoms with E-state index in [4.69, 9.17) is 0 Å². The van der Waals surface area contributed by atoms with Gasteiger partial charge < -0.3 is 5.32 Å². The van der Waals surface area contributed by atoms with Crippen LogP contribution in [0.5, 0.6) is 0 Å². The monoisotopic (exact) mass is 342 g/mol. The van der Waals surface area contributed by atoms with Gasteiger partial charge in [0.25, 0.3) is 5.69 Å². The van der Waals surface area contributed by atoms with Crippen molar-refractivity contribution in [3.63, 3.8) is 0 Å². The van der Waals surface area contributed by atoms with Crippen LogP contribution < -0.4 is 5.32 Å². The van der Waals surface area contributed by atoms with E-state index in [1.165, 1.54) is 24.3 Å². The lowest BCUT2D eigenvalue weighted by atomic mass is 10.2. The molecule has 0 aliphatic rings. The molecule has 4 nitrogen and oxygen atoms in total. The molecule has 7 heteroatoms. The quantitative estimate of drug-likeness (QED) is 0.667. The van der Waals surface area contributed by atoms with Crippen LogP contribution in [0.2, 0.25) is 0 Å². The van der Waals surface area contributed by atoms with E-state index in [9.17, 15) is 18.9 Å². The van der Waals surface area contributed by atoms with Gasteiger partial charge in [-0.2, -0.15) is 0 Å². The number of nitro groups is 1. The highest BCUT2D eigenvalue weighted by Crippen LogP contribution is 2.27. The summed E-state index contributed by atoms with van der Waals surface area (Å²) in [5.74, 6) is -1.23. The van der Waals surface area contributed by atoms with Crippen LogP contribution in [0.15, 0.2) is 40.9 Å². The fraction of sp³-hybridized carbons (Fsp3) is 0.0769. The molecule has 0 atom stereocenters. The second kappa shape index (κ2) is 5.96. The van der Waals surface area contributed by atoms with Gasteiger partial charge in [-0.1, -0.05) is 28.1 Å². The smallest absolute Gasteiger partial charge is 0.295 e. The molecule has 0 spiro atoms. The maximum atomic E-state index is 13.6. The van der Waals surface area contributed by atoms with E-state index >= 15 is 0 Å². The number of hydrogen-bond acceptors (Lipinski definition) is 3. The van der Waals surface area contributed by atoms with Gasteiger partial charge in [-0.05, 0) is 18.2 Å². The SMILES string of the molecule is O=[N+]([O-])c1cccc(F)c1NCc1ccc(Br)cc1F. The minimum Gasteiger partial charge on any atom is -0.373 e. The second-order valence-corrected chi connectivity index (χ2v) is 4.90. The summed E-state index contributed by atoms with van der Waals surface area (Å²) in [5.41, 5.74) is -0.354. The van der Waals surface area contributed by atoms with Gasteiger partial charge in [0.15, 0.2) is 5.82 Å². The predicted octanol–water partition coefficient (Wildman–Crippen LogP) is 4.25. The lowest BCUT2D eigenvalue weighted by Crippen LogP contribution is -2.06. The third-order valence-electron chi connectivity index (χ3n) is 2.66. The minimum absolute atomic E-state index is 0.0547. The van der Waals surface area contributed by atoms with Gasteiger partial charge in [0, 0.05) is 22.6 Å². The number of nitrogens with zero attached hydrogens (tertiary/aromatic N) is 1. The van der Waals surface area contributed by atoms with Gasteiger partial charge in [0.2, 0.25) is 0 Å². The number of hydrogen-bond donors (Lipinski definition) is 1. The number of halogens is 3. The summed E-state index contributed by atoms with van der Waals surface area (Å²) < 4.78 is 27.8. The molecule has 0 amide bonds. The highest BCUT2D eigenvalue weighted by molar-refractivity contribution is 9.10. The van der Waals surface area contributed by atoms with Crippen molar-refractivity contribution in [2.24, 2.45) is 0 Å². The minimum atomic E-state index is -0.753. The van der Waals surface area contributed by atoms with Crippen molar-refractivity contribution < 1.29 is 13.7 Å². The Morgan fingerprint density at radius 2 is 1.95 bits per heavy atom. The summed E-state index contributed by atoms with van der Waals surface area (Å²) in [6, 6.07) is 7.96. The fourth-order valence-electron chi connectivity index (χ4n) is 1.69. The maximum absolute atomic E-state index is 13.6. The molecule has 0 aromatic heterocycles.